The van der Waals surface area contributed by atoms with Crippen LogP contribution in [0.15, 0.2) is 24.3 Å². The first-order chi connectivity index (χ1) is 7.76. The van der Waals surface area contributed by atoms with Crippen LogP contribution in [0.25, 0.3) is 0 Å². The Labute approximate surface area is 146 Å². The number of quaternary nitrogens is 2. The summed E-state index contributed by atoms with van der Waals surface area (Å²) in [6.45, 7) is 13.6. The number of hydrogen-bond acceptors (Lipinski definition) is 0. The van der Waals surface area contributed by atoms with Crippen LogP contribution in [-0.4, -0.2) is 26.2 Å². The standard InChI is InChI=1S/C14H24N2.2HI/c1-5-15(6-2)13-9-11-14(12-10-13)16(7-3)8-4;;/h9-12H,5-8H2,1-4H3;2*1H. The average molecular weight is 476 g/mol. The fraction of sp³-hybridized carbons (Fsp3) is 0.571. The monoisotopic (exact) mass is 476 g/mol. The SMILES string of the molecule is CC[NH+](CC)c1ccc([NH+](CC)CC)cc1.[I-].[I-]. The van der Waals surface area contributed by atoms with E-state index in [4.69, 9.17) is 0 Å². The van der Waals surface area contributed by atoms with Crippen LogP contribution >= 0.6 is 0 Å². The van der Waals surface area contributed by atoms with Crippen molar-refractivity contribution in [3.8, 4) is 0 Å². The first-order valence-electron chi connectivity index (χ1n) is 6.56. The summed E-state index contributed by atoms with van der Waals surface area (Å²) in [7, 11) is 0. The molecule has 106 valence electrons. The van der Waals surface area contributed by atoms with Crippen molar-refractivity contribution in [2.24, 2.45) is 0 Å². The molecule has 0 saturated carbocycles. The molecule has 1 aromatic rings. The van der Waals surface area contributed by atoms with Gasteiger partial charge in [0.2, 0.25) is 0 Å². The molecule has 0 saturated heterocycles. The summed E-state index contributed by atoms with van der Waals surface area (Å²) in [5.41, 5.74) is 2.83. The highest BCUT2D eigenvalue weighted by atomic mass is 127. The Bertz CT molecular complexity index is 262. The molecule has 4 heteroatoms. The van der Waals surface area contributed by atoms with E-state index in [2.05, 4.69) is 52.0 Å². The maximum Gasteiger partial charge on any atom is 0.131 e. The van der Waals surface area contributed by atoms with Gasteiger partial charge in [-0.1, -0.05) is 0 Å². The Hall–Kier alpha value is 0.600. The van der Waals surface area contributed by atoms with Gasteiger partial charge in [0.25, 0.3) is 0 Å². The average Bonchev–Trinajstić information content (AvgIpc) is 2.34. The predicted molar refractivity (Wildman–Crippen MR) is 69.9 cm³/mol. The zero-order chi connectivity index (χ0) is 12.0. The lowest BCUT2D eigenvalue weighted by atomic mass is 10.2. The predicted octanol–water partition coefficient (Wildman–Crippen LogP) is -5.19. The first-order valence-corrected chi connectivity index (χ1v) is 6.56. The smallest absolute Gasteiger partial charge is 0.131 e. The second kappa shape index (κ2) is 11.4. The van der Waals surface area contributed by atoms with E-state index in [1.807, 2.05) is 0 Å². The zero-order valence-electron chi connectivity index (χ0n) is 11.9. The van der Waals surface area contributed by atoms with Crippen molar-refractivity contribution in [3.63, 3.8) is 0 Å². The molecule has 0 spiro atoms. The highest BCUT2D eigenvalue weighted by molar-refractivity contribution is 5.39. The molecule has 2 N–H and O–H groups in total. The highest BCUT2D eigenvalue weighted by Crippen LogP contribution is 2.06. The fourth-order valence-electron chi connectivity index (χ4n) is 2.26. The molecule has 0 amide bonds. The third kappa shape index (κ3) is 5.71. The molecule has 0 aliphatic heterocycles. The molecule has 0 aliphatic carbocycles. The molecule has 0 unspecified atom stereocenters. The van der Waals surface area contributed by atoms with Gasteiger partial charge in [-0.15, -0.1) is 0 Å². The van der Waals surface area contributed by atoms with E-state index >= 15 is 0 Å². The van der Waals surface area contributed by atoms with Crippen LogP contribution < -0.4 is 57.8 Å². The fourth-order valence-corrected chi connectivity index (χ4v) is 2.26. The maximum atomic E-state index is 2.28. The summed E-state index contributed by atoms with van der Waals surface area (Å²) in [4.78, 5) is 3.11. The topological polar surface area (TPSA) is 8.88 Å². The minimum absolute atomic E-state index is 0. The number of nitrogens with one attached hydrogen (secondary N) is 2. The van der Waals surface area contributed by atoms with Crippen LogP contribution in [0.1, 0.15) is 27.7 Å². The molecule has 0 bridgehead atoms. The van der Waals surface area contributed by atoms with E-state index in [1.54, 1.807) is 9.80 Å². The van der Waals surface area contributed by atoms with Crippen LogP contribution in [0.5, 0.6) is 0 Å². The summed E-state index contributed by atoms with van der Waals surface area (Å²) in [6.07, 6.45) is 0. The number of benzene rings is 1. The van der Waals surface area contributed by atoms with E-state index in [1.165, 1.54) is 11.4 Å². The van der Waals surface area contributed by atoms with Crippen molar-refractivity contribution in [3.05, 3.63) is 24.3 Å². The van der Waals surface area contributed by atoms with Gasteiger partial charge in [0.05, 0.1) is 26.2 Å². The van der Waals surface area contributed by atoms with Crippen LogP contribution in [-0.2, 0) is 0 Å². The van der Waals surface area contributed by atoms with Crippen LogP contribution in [0.3, 0.4) is 0 Å². The molecule has 0 atom stereocenters. The van der Waals surface area contributed by atoms with Crippen molar-refractivity contribution in [1.29, 1.82) is 0 Å². The summed E-state index contributed by atoms with van der Waals surface area (Å²) in [5, 5.41) is 0. The quantitative estimate of drug-likeness (QED) is 0.381. The highest BCUT2D eigenvalue weighted by Gasteiger charge is 2.10. The Morgan fingerprint density at radius 3 is 1.00 bits per heavy atom. The van der Waals surface area contributed by atoms with Gasteiger partial charge in [-0.25, -0.2) is 0 Å². The molecule has 0 radical (unpaired) electrons. The normalized spacial score (nSPS) is 10.1. The number of halogens is 2. The van der Waals surface area contributed by atoms with E-state index in [0.29, 0.717) is 0 Å². The molecule has 0 aromatic heterocycles. The number of hydrogen-bond donors (Lipinski definition) is 2. The van der Waals surface area contributed by atoms with Gasteiger partial charge < -0.3 is 57.8 Å². The molecule has 18 heavy (non-hydrogen) atoms. The summed E-state index contributed by atoms with van der Waals surface area (Å²) < 4.78 is 0. The van der Waals surface area contributed by atoms with Crippen molar-refractivity contribution in [2.45, 2.75) is 27.7 Å². The van der Waals surface area contributed by atoms with Crippen molar-refractivity contribution in [1.82, 2.24) is 0 Å². The summed E-state index contributed by atoms with van der Waals surface area (Å²) in [5.74, 6) is 0. The van der Waals surface area contributed by atoms with Crippen LogP contribution in [0, 0.1) is 0 Å². The van der Waals surface area contributed by atoms with Crippen LogP contribution in [0.4, 0.5) is 11.4 Å². The summed E-state index contributed by atoms with van der Waals surface area (Å²) >= 11 is 0. The van der Waals surface area contributed by atoms with E-state index < -0.39 is 0 Å². The zero-order valence-corrected chi connectivity index (χ0v) is 16.2. The molecule has 1 aromatic carbocycles. The van der Waals surface area contributed by atoms with Gasteiger partial charge in [-0.2, -0.15) is 0 Å². The van der Waals surface area contributed by atoms with Gasteiger partial charge in [-0.3, -0.25) is 0 Å². The minimum Gasteiger partial charge on any atom is -1.00 e. The van der Waals surface area contributed by atoms with E-state index in [0.717, 1.165) is 26.2 Å². The van der Waals surface area contributed by atoms with Crippen LogP contribution in [0.2, 0.25) is 0 Å². The molecule has 0 heterocycles. The molecular formula is C14H26I2N2. The van der Waals surface area contributed by atoms with Gasteiger partial charge in [0.1, 0.15) is 11.4 Å². The van der Waals surface area contributed by atoms with E-state index in [-0.39, 0.29) is 48.0 Å². The molecule has 0 aliphatic rings. The van der Waals surface area contributed by atoms with E-state index in [9.17, 15) is 0 Å². The third-order valence-electron chi connectivity index (χ3n) is 3.41. The van der Waals surface area contributed by atoms with Crippen molar-refractivity contribution < 1.29 is 57.8 Å². The Kier molecular flexibility index (Phi) is 13.3. The second-order valence-corrected chi connectivity index (χ2v) is 4.20. The van der Waals surface area contributed by atoms with Gasteiger partial charge >= 0.3 is 0 Å². The lowest BCUT2D eigenvalue weighted by Gasteiger charge is -2.17. The Morgan fingerprint density at radius 1 is 0.611 bits per heavy atom. The lowest BCUT2D eigenvalue weighted by Crippen LogP contribution is -3.07. The Morgan fingerprint density at radius 2 is 0.833 bits per heavy atom. The third-order valence-corrected chi connectivity index (χ3v) is 3.41. The van der Waals surface area contributed by atoms with Crippen molar-refractivity contribution >= 4 is 11.4 Å². The van der Waals surface area contributed by atoms with Gasteiger partial charge in [-0.05, 0) is 27.7 Å². The second-order valence-electron chi connectivity index (χ2n) is 4.20. The van der Waals surface area contributed by atoms with Gasteiger partial charge in [0, 0.05) is 24.3 Å². The summed E-state index contributed by atoms with van der Waals surface area (Å²) in [6, 6.07) is 9.12. The molecule has 2 nitrogen and oxygen atoms in total. The molecule has 0 fully saturated rings. The number of rotatable bonds is 6. The first kappa shape index (κ1) is 20.9. The largest absolute Gasteiger partial charge is 1.00 e. The van der Waals surface area contributed by atoms with Gasteiger partial charge in [0.15, 0.2) is 0 Å². The molecule has 1 rings (SSSR count). The molecular weight excluding hydrogens is 450 g/mol. The maximum absolute atomic E-state index is 2.28. The minimum atomic E-state index is 0. The Balaban J connectivity index is 0. The lowest BCUT2D eigenvalue weighted by molar-refractivity contribution is -0.831. The van der Waals surface area contributed by atoms with Crippen molar-refractivity contribution in [2.75, 3.05) is 26.2 Å².